The largest absolute Gasteiger partial charge is 0.497 e. The molecule has 1 fully saturated rings. The van der Waals surface area contributed by atoms with Gasteiger partial charge in [-0.3, -0.25) is 9.67 Å². The molecule has 3 rings (SSSR count). The summed E-state index contributed by atoms with van der Waals surface area (Å²) in [5.41, 5.74) is 0.337. The van der Waals surface area contributed by atoms with Crippen LogP contribution in [0.3, 0.4) is 0 Å². The predicted octanol–water partition coefficient (Wildman–Crippen LogP) is 2.35. The van der Waals surface area contributed by atoms with Crippen molar-refractivity contribution in [3.63, 3.8) is 0 Å². The van der Waals surface area contributed by atoms with Crippen LogP contribution in [-0.2, 0) is 19.8 Å². The van der Waals surface area contributed by atoms with E-state index in [1.807, 2.05) is 29.2 Å². The second kappa shape index (κ2) is 8.62. The summed E-state index contributed by atoms with van der Waals surface area (Å²) in [7, 11) is 4.74. The molecule has 158 valence electrons. The Morgan fingerprint density at radius 2 is 1.83 bits per heavy atom. The Labute approximate surface area is 167 Å². The number of aliphatic imine (C=N–C) groups is 1. The number of hydrogen-bond acceptors (Lipinski definition) is 4. The van der Waals surface area contributed by atoms with Gasteiger partial charge in [-0.25, -0.2) is 0 Å². The van der Waals surface area contributed by atoms with Gasteiger partial charge in [0.15, 0.2) is 11.7 Å². The minimum Gasteiger partial charge on any atom is -0.497 e. The maximum absolute atomic E-state index is 13.1. The molecule has 2 heterocycles. The molecule has 1 aromatic heterocycles. The van der Waals surface area contributed by atoms with Crippen LogP contribution in [0.15, 0.2) is 35.5 Å². The molecule has 0 radical (unpaired) electrons. The Morgan fingerprint density at radius 3 is 2.38 bits per heavy atom. The highest BCUT2D eigenvalue weighted by molar-refractivity contribution is 5.80. The summed E-state index contributed by atoms with van der Waals surface area (Å²) in [5, 5.41) is 6.58. The van der Waals surface area contributed by atoms with Gasteiger partial charge in [0.25, 0.3) is 0 Å². The lowest BCUT2D eigenvalue weighted by Crippen LogP contribution is -2.52. The molecule has 1 aliphatic rings. The van der Waals surface area contributed by atoms with Crippen LogP contribution in [0.1, 0.15) is 11.3 Å². The van der Waals surface area contributed by atoms with Gasteiger partial charge in [0.05, 0.1) is 7.11 Å². The molecule has 1 N–H and O–H groups in total. The van der Waals surface area contributed by atoms with Gasteiger partial charge in [-0.2, -0.15) is 18.3 Å². The van der Waals surface area contributed by atoms with Crippen LogP contribution in [0.25, 0.3) is 0 Å². The maximum Gasteiger partial charge on any atom is 0.435 e. The Bertz CT molecular complexity index is 839. The van der Waals surface area contributed by atoms with E-state index in [1.54, 1.807) is 14.2 Å². The van der Waals surface area contributed by atoms with Gasteiger partial charge >= 0.3 is 6.18 Å². The molecule has 7 nitrogen and oxygen atoms in total. The van der Waals surface area contributed by atoms with Gasteiger partial charge in [-0.15, -0.1) is 0 Å². The minimum absolute atomic E-state index is 0.00799. The van der Waals surface area contributed by atoms with Crippen molar-refractivity contribution in [1.29, 1.82) is 0 Å². The van der Waals surface area contributed by atoms with Crippen molar-refractivity contribution in [2.45, 2.75) is 12.7 Å². The molecule has 0 aliphatic carbocycles. The molecule has 0 unspecified atom stereocenters. The molecule has 1 aromatic carbocycles. The van der Waals surface area contributed by atoms with E-state index < -0.39 is 11.9 Å². The van der Waals surface area contributed by atoms with Crippen LogP contribution >= 0.6 is 0 Å². The molecular weight excluding hydrogens is 385 g/mol. The van der Waals surface area contributed by atoms with Crippen molar-refractivity contribution in [2.75, 3.05) is 45.2 Å². The van der Waals surface area contributed by atoms with Crippen molar-refractivity contribution in [3.8, 4) is 5.75 Å². The number of aromatic nitrogens is 2. The lowest BCUT2D eigenvalue weighted by Gasteiger charge is -2.37. The average Bonchev–Trinajstić information content (AvgIpc) is 3.10. The standard InChI is InChI=1S/C19H25F3N6O/c1-23-18(24-12-14-13-26(2)25-17(14)19(20,21)22)28-10-8-27(9-11-28)15-4-6-16(29-3)7-5-15/h4-7,13H,8-12H2,1-3H3,(H,23,24). The first-order chi connectivity index (χ1) is 13.8. The molecule has 1 saturated heterocycles. The minimum atomic E-state index is -4.48. The summed E-state index contributed by atoms with van der Waals surface area (Å²) in [4.78, 5) is 8.54. The third-order valence-electron chi connectivity index (χ3n) is 4.84. The Hall–Kier alpha value is -2.91. The first-order valence-corrected chi connectivity index (χ1v) is 9.26. The predicted molar refractivity (Wildman–Crippen MR) is 105 cm³/mol. The van der Waals surface area contributed by atoms with Gasteiger partial charge in [0, 0.05) is 64.3 Å². The molecule has 2 aromatic rings. The highest BCUT2D eigenvalue weighted by Gasteiger charge is 2.36. The third-order valence-corrected chi connectivity index (χ3v) is 4.84. The van der Waals surface area contributed by atoms with E-state index in [2.05, 4.69) is 20.3 Å². The summed E-state index contributed by atoms with van der Waals surface area (Å²) < 4.78 is 45.7. The average molecular weight is 410 g/mol. The number of rotatable bonds is 4. The normalized spacial score (nSPS) is 15.6. The van der Waals surface area contributed by atoms with Crippen LogP contribution in [-0.4, -0.2) is 61.0 Å². The van der Waals surface area contributed by atoms with Gasteiger partial charge in [-0.05, 0) is 24.3 Å². The number of hydrogen-bond donors (Lipinski definition) is 1. The molecule has 0 atom stereocenters. The second-order valence-electron chi connectivity index (χ2n) is 6.75. The van der Waals surface area contributed by atoms with Crippen molar-refractivity contribution < 1.29 is 17.9 Å². The summed E-state index contributed by atoms with van der Waals surface area (Å²) in [6.07, 6.45) is -3.10. The quantitative estimate of drug-likeness (QED) is 0.620. The number of benzene rings is 1. The van der Waals surface area contributed by atoms with Crippen molar-refractivity contribution in [1.82, 2.24) is 20.0 Å². The lowest BCUT2D eigenvalue weighted by atomic mass is 10.2. The molecule has 29 heavy (non-hydrogen) atoms. The van der Waals surface area contributed by atoms with Gasteiger partial charge in [0.2, 0.25) is 0 Å². The lowest BCUT2D eigenvalue weighted by molar-refractivity contribution is -0.142. The first-order valence-electron chi connectivity index (χ1n) is 9.26. The van der Waals surface area contributed by atoms with Gasteiger partial charge in [0.1, 0.15) is 5.75 Å². The number of guanidine groups is 1. The molecule has 0 bridgehead atoms. The molecular formula is C19H25F3N6O. The van der Waals surface area contributed by atoms with Crippen molar-refractivity contribution in [3.05, 3.63) is 41.7 Å². The first kappa shape index (κ1) is 20.8. The van der Waals surface area contributed by atoms with E-state index in [0.29, 0.717) is 19.0 Å². The number of aryl methyl sites for hydroxylation is 1. The molecule has 0 spiro atoms. The van der Waals surface area contributed by atoms with E-state index in [1.165, 1.54) is 17.9 Å². The molecule has 0 saturated carbocycles. The highest BCUT2D eigenvalue weighted by Crippen LogP contribution is 2.30. The SMILES string of the molecule is CN=C(NCc1cn(C)nc1C(F)(F)F)N1CCN(c2ccc(OC)cc2)CC1. The summed E-state index contributed by atoms with van der Waals surface area (Å²) in [6, 6.07) is 7.88. The van der Waals surface area contributed by atoms with E-state index in [0.717, 1.165) is 24.5 Å². The van der Waals surface area contributed by atoms with Crippen LogP contribution < -0.4 is 15.0 Å². The zero-order valence-electron chi connectivity index (χ0n) is 16.7. The van der Waals surface area contributed by atoms with Crippen LogP contribution in [0.4, 0.5) is 18.9 Å². The van der Waals surface area contributed by atoms with E-state index in [4.69, 9.17) is 4.74 Å². The fourth-order valence-electron chi connectivity index (χ4n) is 3.38. The summed E-state index contributed by atoms with van der Waals surface area (Å²) in [6.45, 7) is 3.01. The van der Waals surface area contributed by atoms with Crippen molar-refractivity contribution >= 4 is 11.6 Å². The number of anilines is 1. The Kier molecular flexibility index (Phi) is 6.19. The van der Waals surface area contributed by atoms with Crippen LogP contribution in [0.2, 0.25) is 0 Å². The number of nitrogens with one attached hydrogen (secondary N) is 1. The number of nitrogens with zero attached hydrogens (tertiary/aromatic N) is 5. The number of alkyl halides is 3. The third kappa shape index (κ3) is 4.93. The number of halogens is 3. The zero-order valence-corrected chi connectivity index (χ0v) is 16.7. The van der Waals surface area contributed by atoms with Gasteiger partial charge in [-0.1, -0.05) is 0 Å². The second-order valence-corrected chi connectivity index (χ2v) is 6.75. The van der Waals surface area contributed by atoms with E-state index in [9.17, 15) is 13.2 Å². The summed E-state index contributed by atoms with van der Waals surface area (Å²) >= 11 is 0. The molecule has 0 amide bonds. The Balaban J connectivity index is 1.58. The summed E-state index contributed by atoms with van der Waals surface area (Å²) in [5.74, 6) is 1.39. The maximum atomic E-state index is 13.1. The molecule has 1 aliphatic heterocycles. The smallest absolute Gasteiger partial charge is 0.435 e. The Morgan fingerprint density at radius 1 is 1.17 bits per heavy atom. The zero-order chi connectivity index (χ0) is 21.0. The number of piperazine rings is 1. The number of ether oxygens (including phenoxy) is 1. The number of methoxy groups -OCH3 is 1. The monoisotopic (exact) mass is 410 g/mol. The van der Waals surface area contributed by atoms with Crippen LogP contribution in [0, 0.1) is 0 Å². The van der Waals surface area contributed by atoms with Gasteiger partial charge < -0.3 is 19.9 Å². The molecule has 10 heteroatoms. The highest BCUT2D eigenvalue weighted by atomic mass is 19.4. The fraction of sp³-hybridized carbons (Fsp3) is 0.474. The van der Waals surface area contributed by atoms with Crippen molar-refractivity contribution in [2.24, 2.45) is 12.0 Å². The topological polar surface area (TPSA) is 57.9 Å². The fourth-order valence-corrected chi connectivity index (χ4v) is 3.38. The van der Waals surface area contributed by atoms with E-state index >= 15 is 0 Å². The van der Waals surface area contributed by atoms with E-state index in [-0.39, 0.29) is 12.1 Å². The van der Waals surface area contributed by atoms with Crippen LogP contribution in [0.5, 0.6) is 5.75 Å².